The van der Waals surface area contributed by atoms with Crippen molar-refractivity contribution < 1.29 is 0 Å². The van der Waals surface area contributed by atoms with Gasteiger partial charge in [-0.25, -0.2) is 9.78 Å². The van der Waals surface area contributed by atoms with Crippen LogP contribution >= 0.6 is 0 Å². The van der Waals surface area contributed by atoms with Crippen molar-refractivity contribution in [1.29, 1.82) is 0 Å². The van der Waals surface area contributed by atoms with Crippen LogP contribution in [0.15, 0.2) is 47.4 Å². The molecule has 0 saturated carbocycles. The van der Waals surface area contributed by atoms with E-state index in [0.717, 1.165) is 11.3 Å². The lowest BCUT2D eigenvalue weighted by Gasteiger charge is -1.92. The maximum Gasteiger partial charge on any atom is 0.345 e. The van der Waals surface area contributed by atoms with E-state index in [0.29, 0.717) is 0 Å². The zero-order chi connectivity index (χ0) is 10.5. The molecule has 3 nitrogen and oxygen atoms in total. The number of H-pyrrole nitrogens is 1. The van der Waals surface area contributed by atoms with E-state index in [9.17, 15) is 4.79 Å². The molecule has 3 heteroatoms. The number of hydrogen-bond donors (Lipinski definition) is 1. The summed E-state index contributed by atoms with van der Waals surface area (Å²) in [7, 11) is 0. The van der Waals surface area contributed by atoms with Crippen LogP contribution in [0.1, 0.15) is 11.3 Å². The normalized spacial score (nSPS) is 10.7. The Balaban J connectivity index is 2.23. The Morgan fingerprint density at radius 1 is 1.07 bits per heavy atom. The molecule has 2 aromatic rings. The number of nitrogens with zero attached hydrogens (tertiary/aromatic N) is 1. The van der Waals surface area contributed by atoms with Crippen LogP contribution in [-0.2, 0) is 0 Å². The molecule has 1 heterocycles. The first-order valence-corrected chi connectivity index (χ1v) is 4.63. The van der Waals surface area contributed by atoms with Gasteiger partial charge in [-0.2, -0.15) is 0 Å². The van der Waals surface area contributed by atoms with Crippen molar-refractivity contribution in [2.75, 3.05) is 0 Å². The van der Waals surface area contributed by atoms with Gasteiger partial charge in [-0.1, -0.05) is 36.4 Å². The minimum Gasteiger partial charge on any atom is -0.306 e. The highest BCUT2D eigenvalue weighted by Crippen LogP contribution is 2.03. The van der Waals surface area contributed by atoms with Gasteiger partial charge in [0.25, 0.3) is 0 Å². The van der Waals surface area contributed by atoms with Crippen molar-refractivity contribution >= 4 is 12.2 Å². The Bertz CT molecular complexity index is 514. The van der Waals surface area contributed by atoms with E-state index < -0.39 is 0 Å². The van der Waals surface area contributed by atoms with E-state index in [1.807, 2.05) is 42.5 Å². The zero-order valence-corrected chi connectivity index (χ0v) is 8.05. The average Bonchev–Trinajstić information content (AvgIpc) is 2.28. The Labute approximate surface area is 87.1 Å². The van der Waals surface area contributed by atoms with Crippen molar-refractivity contribution in [1.82, 2.24) is 9.97 Å². The van der Waals surface area contributed by atoms with Crippen LogP contribution in [0, 0.1) is 0 Å². The van der Waals surface area contributed by atoms with E-state index in [-0.39, 0.29) is 5.69 Å². The molecule has 0 radical (unpaired) electrons. The molecule has 0 aliphatic heterocycles. The van der Waals surface area contributed by atoms with E-state index in [2.05, 4.69) is 9.97 Å². The molecule has 74 valence electrons. The highest BCUT2D eigenvalue weighted by atomic mass is 16.1. The van der Waals surface area contributed by atoms with Crippen LogP contribution < -0.4 is 5.69 Å². The topological polar surface area (TPSA) is 45.8 Å². The van der Waals surface area contributed by atoms with Crippen molar-refractivity contribution in [2.45, 2.75) is 0 Å². The number of nitrogens with one attached hydrogen (secondary N) is 1. The van der Waals surface area contributed by atoms with Crippen molar-refractivity contribution in [2.24, 2.45) is 0 Å². The maximum atomic E-state index is 10.9. The summed E-state index contributed by atoms with van der Waals surface area (Å²) >= 11 is 0. The third kappa shape index (κ3) is 2.64. The fourth-order valence-electron chi connectivity index (χ4n) is 1.23. The fraction of sp³-hybridized carbons (Fsp3) is 0. The van der Waals surface area contributed by atoms with Gasteiger partial charge < -0.3 is 4.98 Å². The summed E-state index contributed by atoms with van der Waals surface area (Å²) in [5, 5.41) is 0. The molecule has 0 atom stereocenters. The molecule has 1 aromatic carbocycles. The minimum atomic E-state index is -0.329. The monoisotopic (exact) mass is 198 g/mol. The quantitative estimate of drug-likeness (QED) is 0.801. The molecule has 0 bridgehead atoms. The van der Waals surface area contributed by atoms with Gasteiger partial charge in [-0.3, -0.25) is 0 Å². The highest BCUT2D eigenvalue weighted by molar-refractivity contribution is 5.67. The molecule has 0 aliphatic carbocycles. The lowest BCUT2D eigenvalue weighted by atomic mass is 10.2. The van der Waals surface area contributed by atoms with Crippen LogP contribution in [0.3, 0.4) is 0 Å². The first-order chi connectivity index (χ1) is 7.34. The molecule has 2 rings (SSSR count). The molecule has 0 fully saturated rings. The molecular weight excluding hydrogens is 188 g/mol. The summed E-state index contributed by atoms with van der Waals surface area (Å²) in [4.78, 5) is 17.1. The minimum absolute atomic E-state index is 0.329. The number of rotatable bonds is 2. The molecule has 0 aliphatic rings. The summed E-state index contributed by atoms with van der Waals surface area (Å²) in [6, 6.07) is 11.6. The summed E-state index contributed by atoms with van der Waals surface area (Å²) in [5.74, 6) is 0. The standard InChI is InChI=1S/C12H10N2O/c15-12-13-9-8-11(14-12)7-6-10-4-2-1-3-5-10/h1-9H,(H,13,14,15). The number of benzene rings is 1. The van der Waals surface area contributed by atoms with Crippen molar-refractivity contribution in [3.05, 3.63) is 64.3 Å². The number of aromatic amines is 1. The van der Waals surface area contributed by atoms with Crippen LogP contribution in [-0.4, -0.2) is 9.97 Å². The van der Waals surface area contributed by atoms with Crippen LogP contribution in [0.2, 0.25) is 0 Å². The Hall–Kier alpha value is -2.16. The van der Waals surface area contributed by atoms with Gasteiger partial charge in [0.2, 0.25) is 0 Å². The van der Waals surface area contributed by atoms with Gasteiger partial charge in [0.05, 0.1) is 0 Å². The molecule has 0 saturated heterocycles. The molecule has 0 spiro atoms. The first-order valence-electron chi connectivity index (χ1n) is 4.63. The molecular formula is C12H10N2O. The largest absolute Gasteiger partial charge is 0.345 e. The molecule has 0 amide bonds. The SMILES string of the molecule is O=c1nccc(C=Cc2ccccc2)[nH]1. The van der Waals surface area contributed by atoms with Gasteiger partial charge in [0.15, 0.2) is 0 Å². The summed E-state index contributed by atoms with van der Waals surface area (Å²) in [6.45, 7) is 0. The Morgan fingerprint density at radius 2 is 1.87 bits per heavy atom. The smallest absolute Gasteiger partial charge is 0.306 e. The Morgan fingerprint density at radius 3 is 2.60 bits per heavy atom. The fourth-order valence-corrected chi connectivity index (χ4v) is 1.23. The summed E-state index contributed by atoms with van der Waals surface area (Å²) in [6.07, 6.45) is 5.27. The van der Waals surface area contributed by atoms with E-state index in [4.69, 9.17) is 0 Å². The summed E-state index contributed by atoms with van der Waals surface area (Å²) < 4.78 is 0. The van der Waals surface area contributed by atoms with Crippen molar-refractivity contribution in [3.63, 3.8) is 0 Å². The summed E-state index contributed by atoms with van der Waals surface area (Å²) in [5.41, 5.74) is 1.51. The van der Waals surface area contributed by atoms with Gasteiger partial charge >= 0.3 is 5.69 Å². The molecule has 1 N–H and O–H groups in total. The highest BCUT2D eigenvalue weighted by Gasteiger charge is 1.88. The average molecular weight is 198 g/mol. The number of hydrogen-bond acceptors (Lipinski definition) is 2. The molecule has 1 aromatic heterocycles. The van der Waals surface area contributed by atoms with Gasteiger partial charge in [0, 0.05) is 11.9 Å². The van der Waals surface area contributed by atoms with Gasteiger partial charge in [-0.15, -0.1) is 0 Å². The number of aromatic nitrogens is 2. The second kappa shape index (κ2) is 4.37. The lowest BCUT2D eigenvalue weighted by Crippen LogP contribution is -2.09. The predicted octanol–water partition coefficient (Wildman–Crippen LogP) is 1.94. The van der Waals surface area contributed by atoms with E-state index in [1.165, 1.54) is 6.20 Å². The lowest BCUT2D eigenvalue weighted by molar-refractivity contribution is 1.06. The van der Waals surface area contributed by atoms with Gasteiger partial charge in [-0.05, 0) is 17.7 Å². The second-order valence-electron chi connectivity index (χ2n) is 3.07. The maximum absolute atomic E-state index is 10.9. The Kier molecular flexibility index (Phi) is 2.74. The zero-order valence-electron chi connectivity index (χ0n) is 8.05. The molecule has 15 heavy (non-hydrogen) atoms. The van der Waals surface area contributed by atoms with E-state index in [1.54, 1.807) is 6.07 Å². The van der Waals surface area contributed by atoms with Crippen LogP contribution in [0.5, 0.6) is 0 Å². The third-order valence-electron chi connectivity index (χ3n) is 1.95. The van der Waals surface area contributed by atoms with E-state index >= 15 is 0 Å². The predicted molar refractivity (Wildman–Crippen MR) is 60.2 cm³/mol. The van der Waals surface area contributed by atoms with Crippen LogP contribution in [0.4, 0.5) is 0 Å². The molecule has 0 unspecified atom stereocenters. The van der Waals surface area contributed by atoms with Crippen LogP contribution in [0.25, 0.3) is 12.2 Å². The first kappa shape index (κ1) is 9.40. The van der Waals surface area contributed by atoms with Crippen molar-refractivity contribution in [3.8, 4) is 0 Å². The van der Waals surface area contributed by atoms with Gasteiger partial charge in [0.1, 0.15) is 0 Å². The third-order valence-corrected chi connectivity index (χ3v) is 1.95. The second-order valence-corrected chi connectivity index (χ2v) is 3.07.